The van der Waals surface area contributed by atoms with Crippen molar-refractivity contribution in [1.82, 2.24) is 9.80 Å². The maximum atomic E-state index is 13.0. The van der Waals surface area contributed by atoms with Gasteiger partial charge in [-0.1, -0.05) is 13.8 Å². The molecule has 0 spiro atoms. The smallest absolute Gasteiger partial charge is 0.227 e. The molecule has 5 nitrogen and oxygen atoms in total. The number of amides is 2. The van der Waals surface area contributed by atoms with E-state index in [1.807, 2.05) is 16.7 Å². The maximum absolute atomic E-state index is 13.0. The number of carbonyl (C=O) groups is 2. The Kier molecular flexibility index (Phi) is 8.03. The van der Waals surface area contributed by atoms with Gasteiger partial charge in [0.25, 0.3) is 0 Å². The standard InChI is InChI=1S/C19H34N2O3/c1-3-8-18(22)20-12-7-9-16(14-20)19(23)21(11-4-2)15-17-10-5-6-13-24-17/h16-17H,3-15H2,1-2H3/t16-,17+/m0/s1. The molecule has 2 fully saturated rings. The average Bonchev–Trinajstić information content (AvgIpc) is 2.62. The van der Waals surface area contributed by atoms with E-state index in [-0.39, 0.29) is 23.8 Å². The molecule has 2 aliphatic heterocycles. The zero-order valence-electron chi connectivity index (χ0n) is 15.5. The van der Waals surface area contributed by atoms with Gasteiger partial charge in [0.2, 0.25) is 11.8 Å². The van der Waals surface area contributed by atoms with Crippen molar-refractivity contribution in [2.75, 3.05) is 32.8 Å². The highest BCUT2D eigenvalue weighted by molar-refractivity contribution is 5.81. The van der Waals surface area contributed by atoms with Crippen molar-refractivity contribution in [3.05, 3.63) is 0 Å². The minimum atomic E-state index is -0.0327. The molecule has 0 aliphatic carbocycles. The van der Waals surface area contributed by atoms with E-state index in [1.54, 1.807) is 0 Å². The van der Waals surface area contributed by atoms with Gasteiger partial charge in [0, 0.05) is 39.2 Å². The molecule has 2 heterocycles. The second-order valence-electron chi connectivity index (χ2n) is 7.20. The predicted molar refractivity (Wildman–Crippen MR) is 94.7 cm³/mol. The van der Waals surface area contributed by atoms with Crippen molar-refractivity contribution in [3.63, 3.8) is 0 Å². The molecule has 0 aromatic rings. The number of hydrogen-bond acceptors (Lipinski definition) is 3. The quantitative estimate of drug-likeness (QED) is 0.717. The summed E-state index contributed by atoms with van der Waals surface area (Å²) in [6, 6.07) is 0. The van der Waals surface area contributed by atoms with Crippen LogP contribution in [0.25, 0.3) is 0 Å². The largest absolute Gasteiger partial charge is 0.376 e. The highest BCUT2D eigenvalue weighted by atomic mass is 16.5. The normalized spacial score (nSPS) is 24.7. The van der Waals surface area contributed by atoms with E-state index in [1.165, 1.54) is 6.42 Å². The zero-order valence-corrected chi connectivity index (χ0v) is 15.5. The Hall–Kier alpha value is -1.10. The van der Waals surface area contributed by atoms with Gasteiger partial charge in [0.1, 0.15) is 0 Å². The lowest BCUT2D eigenvalue weighted by atomic mass is 9.95. The Morgan fingerprint density at radius 3 is 2.62 bits per heavy atom. The predicted octanol–water partition coefficient (Wildman–Crippen LogP) is 2.83. The molecule has 0 bridgehead atoms. The first kappa shape index (κ1) is 19.2. The van der Waals surface area contributed by atoms with Gasteiger partial charge in [-0.25, -0.2) is 0 Å². The minimum Gasteiger partial charge on any atom is -0.376 e. The fourth-order valence-electron chi connectivity index (χ4n) is 3.79. The second-order valence-corrected chi connectivity index (χ2v) is 7.20. The Morgan fingerprint density at radius 1 is 1.12 bits per heavy atom. The molecule has 0 N–H and O–H groups in total. The number of carbonyl (C=O) groups excluding carboxylic acids is 2. The first-order chi connectivity index (χ1) is 11.7. The molecule has 2 atom stereocenters. The van der Waals surface area contributed by atoms with Crippen molar-refractivity contribution in [1.29, 1.82) is 0 Å². The van der Waals surface area contributed by atoms with E-state index in [4.69, 9.17) is 4.74 Å². The fraction of sp³-hybridized carbons (Fsp3) is 0.895. The van der Waals surface area contributed by atoms with Crippen LogP contribution in [0.2, 0.25) is 0 Å². The van der Waals surface area contributed by atoms with Crippen LogP contribution < -0.4 is 0 Å². The summed E-state index contributed by atoms with van der Waals surface area (Å²) in [6.45, 7) is 7.87. The van der Waals surface area contributed by atoms with Crippen LogP contribution in [0.15, 0.2) is 0 Å². The number of ether oxygens (including phenoxy) is 1. The summed E-state index contributed by atoms with van der Waals surface area (Å²) in [4.78, 5) is 29.1. The lowest BCUT2D eigenvalue weighted by molar-refractivity contribution is -0.143. The molecule has 5 heteroatoms. The third-order valence-corrected chi connectivity index (χ3v) is 5.09. The Labute approximate surface area is 146 Å². The number of likely N-dealkylation sites (tertiary alicyclic amines) is 1. The van der Waals surface area contributed by atoms with E-state index in [0.29, 0.717) is 19.5 Å². The molecule has 2 aliphatic rings. The highest BCUT2D eigenvalue weighted by Gasteiger charge is 2.32. The van der Waals surface area contributed by atoms with Gasteiger partial charge in [-0.2, -0.15) is 0 Å². The maximum Gasteiger partial charge on any atom is 0.227 e. The minimum absolute atomic E-state index is 0.0327. The Balaban J connectivity index is 1.93. The topological polar surface area (TPSA) is 49.9 Å². The van der Waals surface area contributed by atoms with Crippen molar-refractivity contribution < 1.29 is 14.3 Å². The summed E-state index contributed by atoms with van der Waals surface area (Å²) >= 11 is 0. The third kappa shape index (κ3) is 5.47. The van der Waals surface area contributed by atoms with Crippen LogP contribution in [-0.2, 0) is 14.3 Å². The van der Waals surface area contributed by atoms with Gasteiger partial charge in [-0.3, -0.25) is 9.59 Å². The summed E-state index contributed by atoms with van der Waals surface area (Å²) in [7, 11) is 0. The molecule has 138 valence electrons. The summed E-state index contributed by atoms with van der Waals surface area (Å²) in [5, 5.41) is 0. The van der Waals surface area contributed by atoms with Gasteiger partial charge in [0.05, 0.1) is 12.0 Å². The van der Waals surface area contributed by atoms with Crippen molar-refractivity contribution in [2.24, 2.45) is 5.92 Å². The highest BCUT2D eigenvalue weighted by Crippen LogP contribution is 2.22. The van der Waals surface area contributed by atoms with E-state index in [0.717, 1.165) is 58.2 Å². The zero-order chi connectivity index (χ0) is 17.4. The van der Waals surface area contributed by atoms with Gasteiger partial charge < -0.3 is 14.5 Å². The van der Waals surface area contributed by atoms with Crippen LogP contribution in [0.4, 0.5) is 0 Å². The van der Waals surface area contributed by atoms with Gasteiger partial charge in [-0.15, -0.1) is 0 Å². The van der Waals surface area contributed by atoms with Crippen LogP contribution in [-0.4, -0.2) is 60.5 Å². The second kappa shape index (κ2) is 10.0. The molecule has 0 aromatic heterocycles. The molecule has 2 amide bonds. The Morgan fingerprint density at radius 2 is 1.96 bits per heavy atom. The van der Waals surface area contributed by atoms with Crippen molar-refractivity contribution >= 4 is 11.8 Å². The summed E-state index contributed by atoms with van der Waals surface area (Å²) in [5.74, 6) is 0.391. The van der Waals surface area contributed by atoms with E-state index in [9.17, 15) is 9.59 Å². The molecule has 0 radical (unpaired) electrons. The number of piperidine rings is 1. The number of hydrogen-bond donors (Lipinski definition) is 0. The van der Waals surface area contributed by atoms with Crippen molar-refractivity contribution in [3.8, 4) is 0 Å². The van der Waals surface area contributed by atoms with Gasteiger partial charge >= 0.3 is 0 Å². The molecule has 0 aromatic carbocycles. The molecule has 0 saturated carbocycles. The van der Waals surface area contributed by atoms with Crippen LogP contribution in [0.3, 0.4) is 0 Å². The van der Waals surface area contributed by atoms with Gasteiger partial charge in [0.15, 0.2) is 0 Å². The average molecular weight is 338 g/mol. The summed E-state index contributed by atoms with van der Waals surface area (Å²) in [5.41, 5.74) is 0. The van der Waals surface area contributed by atoms with E-state index >= 15 is 0 Å². The van der Waals surface area contributed by atoms with Crippen LogP contribution in [0.5, 0.6) is 0 Å². The summed E-state index contributed by atoms with van der Waals surface area (Å²) in [6.07, 6.45) is 7.84. The SMILES string of the molecule is CCCC(=O)N1CCC[C@H](C(=O)N(CCC)C[C@H]2CCCCO2)C1. The Bertz CT molecular complexity index is 407. The monoisotopic (exact) mass is 338 g/mol. The molecule has 2 saturated heterocycles. The first-order valence-corrected chi connectivity index (χ1v) is 9.83. The number of rotatable bonds is 7. The number of nitrogens with zero attached hydrogens (tertiary/aromatic N) is 2. The van der Waals surface area contributed by atoms with Gasteiger partial charge in [-0.05, 0) is 44.9 Å². The molecular weight excluding hydrogens is 304 g/mol. The van der Waals surface area contributed by atoms with E-state index in [2.05, 4.69) is 6.92 Å². The summed E-state index contributed by atoms with van der Waals surface area (Å²) < 4.78 is 5.83. The molecule has 0 unspecified atom stereocenters. The molecular formula is C19H34N2O3. The first-order valence-electron chi connectivity index (χ1n) is 9.83. The van der Waals surface area contributed by atoms with Crippen LogP contribution in [0, 0.1) is 5.92 Å². The third-order valence-electron chi connectivity index (χ3n) is 5.09. The van der Waals surface area contributed by atoms with Crippen LogP contribution in [0.1, 0.15) is 65.2 Å². The van der Waals surface area contributed by atoms with Crippen molar-refractivity contribution in [2.45, 2.75) is 71.3 Å². The lowest BCUT2D eigenvalue weighted by Gasteiger charge is -2.36. The van der Waals surface area contributed by atoms with Crippen LogP contribution >= 0.6 is 0 Å². The molecule has 2 rings (SSSR count). The van der Waals surface area contributed by atoms with E-state index < -0.39 is 0 Å². The fourth-order valence-corrected chi connectivity index (χ4v) is 3.79. The molecule has 24 heavy (non-hydrogen) atoms. The lowest BCUT2D eigenvalue weighted by Crippen LogP contribution is -2.49.